The number of carbonyl (C=O) groups excluding carboxylic acids is 1. The largest absolute Gasteiger partial charge is 0.360 e. The van der Waals surface area contributed by atoms with Crippen LogP contribution < -0.4 is 5.32 Å². The number of aromatic amines is 1. The van der Waals surface area contributed by atoms with Gasteiger partial charge in [0, 0.05) is 28.7 Å². The molecule has 3 rings (SSSR count). The van der Waals surface area contributed by atoms with Crippen LogP contribution in [0.2, 0.25) is 0 Å². The molecule has 22 heavy (non-hydrogen) atoms. The Morgan fingerprint density at radius 1 is 1.00 bits per heavy atom. The van der Waals surface area contributed by atoms with Gasteiger partial charge in [0.1, 0.15) is 0 Å². The minimum atomic E-state index is -0.333. The summed E-state index contributed by atoms with van der Waals surface area (Å²) in [5, 5.41) is 4.36. The highest BCUT2D eigenvalue weighted by atomic mass is 16.1. The summed E-state index contributed by atoms with van der Waals surface area (Å²) in [5.41, 5.74) is 2.71. The Morgan fingerprint density at radius 2 is 1.68 bits per heavy atom. The molecule has 1 atom stereocenters. The van der Waals surface area contributed by atoms with Crippen molar-refractivity contribution in [2.24, 2.45) is 0 Å². The first-order chi connectivity index (χ1) is 10.7. The quantitative estimate of drug-likeness (QED) is 0.696. The highest BCUT2D eigenvalue weighted by Gasteiger charge is 2.24. The standard InChI is InChI=1S/C19H20N2O/c1-13(2)21-18(14-8-4-3-5-9-14)19(22)16-12-20-17-11-7-6-10-15(16)17/h3-13,18,20-21H,1-2H3/t18-/m1/s1. The fourth-order valence-electron chi connectivity index (χ4n) is 2.73. The van der Waals surface area contributed by atoms with Crippen molar-refractivity contribution in [3.63, 3.8) is 0 Å². The number of rotatable bonds is 5. The molecule has 0 radical (unpaired) electrons. The first kappa shape index (κ1) is 14.5. The molecule has 0 spiro atoms. The van der Waals surface area contributed by atoms with E-state index >= 15 is 0 Å². The van der Waals surface area contributed by atoms with Crippen LogP contribution in [0.4, 0.5) is 0 Å². The second-order valence-corrected chi connectivity index (χ2v) is 5.78. The summed E-state index contributed by atoms with van der Waals surface area (Å²) in [6, 6.07) is 17.7. The van der Waals surface area contributed by atoms with Gasteiger partial charge in [-0.1, -0.05) is 48.5 Å². The van der Waals surface area contributed by atoms with Crippen LogP contribution in [0.5, 0.6) is 0 Å². The Kier molecular flexibility index (Phi) is 4.07. The Labute approximate surface area is 130 Å². The molecule has 0 aliphatic rings. The Balaban J connectivity index is 2.02. The van der Waals surface area contributed by atoms with Crippen molar-refractivity contribution < 1.29 is 4.79 Å². The molecule has 0 bridgehead atoms. The third-order valence-corrected chi connectivity index (χ3v) is 3.75. The fourth-order valence-corrected chi connectivity index (χ4v) is 2.73. The van der Waals surface area contributed by atoms with Crippen molar-refractivity contribution in [2.75, 3.05) is 0 Å². The molecule has 1 heterocycles. The van der Waals surface area contributed by atoms with Crippen molar-refractivity contribution in [3.8, 4) is 0 Å². The van der Waals surface area contributed by atoms with Crippen molar-refractivity contribution in [1.82, 2.24) is 10.3 Å². The lowest BCUT2D eigenvalue weighted by Crippen LogP contribution is -2.33. The number of H-pyrrole nitrogens is 1. The molecular formula is C19H20N2O. The van der Waals surface area contributed by atoms with Gasteiger partial charge in [-0.25, -0.2) is 0 Å². The highest BCUT2D eigenvalue weighted by Crippen LogP contribution is 2.25. The second-order valence-electron chi connectivity index (χ2n) is 5.78. The molecule has 112 valence electrons. The van der Waals surface area contributed by atoms with Gasteiger partial charge in [-0.05, 0) is 25.5 Å². The van der Waals surface area contributed by atoms with Gasteiger partial charge in [0.25, 0.3) is 0 Å². The first-order valence-electron chi connectivity index (χ1n) is 7.58. The number of fused-ring (bicyclic) bond motifs is 1. The smallest absolute Gasteiger partial charge is 0.186 e. The zero-order valence-electron chi connectivity index (χ0n) is 12.8. The van der Waals surface area contributed by atoms with Crippen LogP contribution in [0.15, 0.2) is 60.8 Å². The molecule has 1 aromatic heterocycles. The Bertz CT molecular complexity index is 774. The van der Waals surface area contributed by atoms with Crippen LogP contribution in [-0.2, 0) is 0 Å². The average Bonchev–Trinajstić information content (AvgIpc) is 2.97. The zero-order chi connectivity index (χ0) is 15.5. The minimum Gasteiger partial charge on any atom is -0.360 e. The van der Waals surface area contributed by atoms with Crippen LogP contribution in [0.25, 0.3) is 10.9 Å². The molecule has 0 unspecified atom stereocenters. The summed E-state index contributed by atoms with van der Waals surface area (Å²) < 4.78 is 0. The molecule has 0 saturated heterocycles. The third-order valence-electron chi connectivity index (χ3n) is 3.75. The van der Waals surface area contributed by atoms with E-state index in [0.717, 1.165) is 22.0 Å². The molecule has 0 saturated carbocycles. The molecular weight excluding hydrogens is 272 g/mol. The van der Waals surface area contributed by atoms with Crippen LogP contribution in [-0.4, -0.2) is 16.8 Å². The summed E-state index contributed by atoms with van der Waals surface area (Å²) >= 11 is 0. The number of nitrogens with one attached hydrogen (secondary N) is 2. The van der Waals surface area contributed by atoms with Crippen LogP contribution >= 0.6 is 0 Å². The van der Waals surface area contributed by atoms with E-state index in [1.807, 2.05) is 60.8 Å². The van der Waals surface area contributed by atoms with Gasteiger partial charge in [0.2, 0.25) is 0 Å². The van der Waals surface area contributed by atoms with Crippen molar-refractivity contribution in [2.45, 2.75) is 25.9 Å². The van der Waals surface area contributed by atoms with E-state index in [-0.39, 0.29) is 17.9 Å². The van der Waals surface area contributed by atoms with E-state index in [1.54, 1.807) is 0 Å². The van der Waals surface area contributed by atoms with Crippen molar-refractivity contribution in [3.05, 3.63) is 71.9 Å². The molecule has 0 fully saturated rings. The van der Waals surface area contributed by atoms with Gasteiger partial charge >= 0.3 is 0 Å². The molecule has 3 aromatic rings. The molecule has 3 heteroatoms. The van der Waals surface area contributed by atoms with E-state index in [9.17, 15) is 4.79 Å². The van der Waals surface area contributed by atoms with Crippen LogP contribution in [0, 0.1) is 0 Å². The van der Waals surface area contributed by atoms with Gasteiger partial charge in [0.05, 0.1) is 6.04 Å². The molecule has 3 nitrogen and oxygen atoms in total. The maximum atomic E-state index is 13.1. The van der Waals surface area contributed by atoms with E-state index in [1.165, 1.54) is 0 Å². The van der Waals surface area contributed by atoms with Crippen molar-refractivity contribution >= 4 is 16.7 Å². The predicted molar refractivity (Wildman–Crippen MR) is 90.1 cm³/mol. The lowest BCUT2D eigenvalue weighted by atomic mass is 9.96. The van der Waals surface area contributed by atoms with Crippen LogP contribution in [0.1, 0.15) is 35.8 Å². The zero-order valence-corrected chi connectivity index (χ0v) is 12.8. The number of hydrogen-bond donors (Lipinski definition) is 2. The normalized spacial score (nSPS) is 12.7. The first-order valence-corrected chi connectivity index (χ1v) is 7.58. The highest BCUT2D eigenvalue weighted by molar-refractivity contribution is 6.10. The summed E-state index contributed by atoms with van der Waals surface area (Å²) in [5.74, 6) is 0.0948. The monoisotopic (exact) mass is 292 g/mol. The Hall–Kier alpha value is -2.39. The number of benzene rings is 2. The number of hydrogen-bond acceptors (Lipinski definition) is 2. The number of aromatic nitrogens is 1. The number of carbonyl (C=O) groups is 1. The SMILES string of the molecule is CC(C)N[C@@H](C(=O)c1c[nH]c2ccccc12)c1ccccc1. The summed E-state index contributed by atoms with van der Waals surface area (Å²) in [6.45, 7) is 4.11. The maximum absolute atomic E-state index is 13.1. The van der Waals surface area contributed by atoms with Gasteiger partial charge < -0.3 is 10.3 Å². The molecule has 0 amide bonds. The summed E-state index contributed by atoms with van der Waals surface area (Å²) in [4.78, 5) is 16.3. The van der Waals surface area contributed by atoms with Crippen molar-refractivity contribution in [1.29, 1.82) is 0 Å². The lowest BCUT2D eigenvalue weighted by Gasteiger charge is -2.20. The third kappa shape index (κ3) is 2.81. The number of ketones is 1. The minimum absolute atomic E-state index is 0.0948. The van der Waals surface area contributed by atoms with E-state index in [2.05, 4.69) is 24.1 Å². The van der Waals surface area contributed by atoms with E-state index in [4.69, 9.17) is 0 Å². The number of Topliss-reactive ketones (excluding diaryl/α,β-unsaturated/α-hetero) is 1. The molecule has 2 aromatic carbocycles. The second kappa shape index (κ2) is 6.16. The van der Waals surface area contributed by atoms with Gasteiger partial charge in [-0.3, -0.25) is 4.79 Å². The molecule has 0 aliphatic heterocycles. The Morgan fingerprint density at radius 3 is 2.41 bits per heavy atom. The lowest BCUT2D eigenvalue weighted by molar-refractivity contribution is 0.0939. The van der Waals surface area contributed by atoms with E-state index < -0.39 is 0 Å². The molecule has 0 aliphatic carbocycles. The summed E-state index contributed by atoms with van der Waals surface area (Å²) in [7, 11) is 0. The van der Waals surface area contributed by atoms with Gasteiger partial charge in [-0.15, -0.1) is 0 Å². The predicted octanol–water partition coefficient (Wildman–Crippen LogP) is 4.09. The summed E-state index contributed by atoms with van der Waals surface area (Å²) in [6.07, 6.45) is 1.81. The number of para-hydroxylation sites is 1. The average molecular weight is 292 g/mol. The van der Waals surface area contributed by atoms with E-state index in [0.29, 0.717) is 0 Å². The fraction of sp³-hybridized carbons (Fsp3) is 0.211. The topological polar surface area (TPSA) is 44.9 Å². The van der Waals surface area contributed by atoms with Crippen LogP contribution in [0.3, 0.4) is 0 Å². The molecule has 2 N–H and O–H groups in total. The van der Waals surface area contributed by atoms with Gasteiger partial charge in [0.15, 0.2) is 5.78 Å². The maximum Gasteiger partial charge on any atom is 0.186 e. The van der Waals surface area contributed by atoms with Gasteiger partial charge in [-0.2, -0.15) is 0 Å².